The molecule has 1 amide bonds. The molecule has 1 fully saturated rings. The number of amides is 1. The third-order valence-corrected chi connectivity index (χ3v) is 3.56. The van der Waals surface area contributed by atoms with Gasteiger partial charge < -0.3 is 20.3 Å². The number of rotatable bonds is 7. The van der Waals surface area contributed by atoms with Crippen LogP contribution in [0, 0.1) is 0 Å². The van der Waals surface area contributed by atoms with Crippen LogP contribution in [0.5, 0.6) is 0 Å². The maximum atomic E-state index is 11.1. The molecule has 21 heavy (non-hydrogen) atoms. The van der Waals surface area contributed by atoms with Gasteiger partial charge in [0, 0.05) is 58.0 Å². The van der Waals surface area contributed by atoms with E-state index < -0.39 is 0 Å². The second-order valence-corrected chi connectivity index (χ2v) is 5.29. The van der Waals surface area contributed by atoms with Crippen molar-refractivity contribution in [3.63, 3.8) is 0 Å². The highest BCUT2D eigenvalue weighted by Gasteiger charge is 2.25. The molecule has 1 aliphatic rings. The van der Waals surface area contributed by atoms with Gasteiger partial charge in [-0.2, -0.15) is 0 Å². The highest BCUT2D eigenvalue weighted by atomic mass is 16.5. The number of hydrogen-bond donors (Lipinski definition) is 2. The zero-order valence-electron chi connectivity index (χ0n) is 12.8. The summed E-state index contributed by atoms with van der Waals surface area (Å²) in [5.74, 6) is 1.04. The number of anilines is 1. The molecule has 2 heterocycles. The molecular weight excluding hydrogens is 268 g/mol. The lowest BCUT2D eigenvalue weighted by atomic mass is 10.2. The highest BCUT2D eigenvalue weighted by Crippen LogP contribution is 2.22. The number of ether oxygens (including phenoxy) is 1. The van der Waals surface area contributed by atoms with Crippen molar-refractivity contribution in [1.29, 1.82) is 0 Å². The van der Waals surface area contributed by atoms with E-state index in [2.05, 4.69) is 26.6 Å². The van der Waals surface area contributed by atoms with Gasteiger partial charge in [-0.25, -0.2) is 4.98 Å². The van der Waals surface area contributed by atoms with E-state index in [0.29, 0.717) is 6.61 Å². The molecule has 0 radical (unpaired) electrons. The van der Waals surface area contributed by atoms with E-state index in [1.807, 2.05) is 12.3 Å². The maximum Gasteiger partial charge on any atom is 0.217 e. The largest absolute Gasteiger partial charge is 0.383 e. The summed E-state index contributed by atoms with van der Waals surface area (Å²) in [6.07, 6.45) is 2.78. The Kier molecular flexibility index (Phi) is 5.95. The van der Waals surface area contributed by atoms with E-state index in [9.17, 15) is 4.79 Å². The molecule has 1 aromatic rings. The summed E-state index contributed by atoms with van der Waals surface area (Å²) >= 11 is 0. The van der Waals surface area contributed by atoms with Crippen molar-refractivity contribution in [2.45, 2.75) is 25.9 Å². The second kappa shape index (κ2) is 7.95. The molecule has 116 valence electrons. The van der Waals surface area contributed by atoms with Gasteiger partial charge in [0.1, 0.15) is 5.82 Å². The molecule has 0 bridgehead atoms. The Hall–Kier alpha value is -1.66. The van der Waals surface area contributed by atoms with Crippen molar-refractivity contribution in [1.82, 2.24) is 15.6 Å². The van der Waals surface area contributed by atoms with Crippen LogP contribution in [0.25, 0.3) is 0 Å². The smallest absolute Gasteiger partial charge is 0.217 e. The standard InChI is InChI=1S/C15H24N4O2/c1-12(20)18-14-5-8-19(11-14)15-13(4-3-6-17-15)10-16-7-9-21-2/h3-4,6,14,16H,5,7-11H2,1-2H3,(H,18,20). The van der Waals surface area contributed by atoms with Gasteiger partial charge in [0.2, 0.25) is 5.91 Å². The molecule has 6 heteroatoms. The normalized spacial score (nSPS) is 18.0. The molecule has 0 aromatic carbocycles. The monoisotopic (exact) mass is 292 g/mol. The van der Waals surface area contributed by atoms with Crippen molar-refractivity contribution in [2.75, 3.05) is 38.3 Å². The fourth-order valence-electron chi connectivity index (χ4n) is 2.61. The van der Waals surface area contributed by atoms with Crippen LogP contribution in [0.15, 0.2) is 18.3 Å². The average Bonchev–Trinajstić information content (AvgIpc) is 2.91. The van der Waals surface area contributed by atoms with Crippen LogP contribution in [0.2, 0.25) is 0 Å². The van der Waals surface area contributed by atoms with Crippen molar-refractivity contribution >= 4 is 11.7 Å². The molecule has 1 saturated heterocycles. The van der Waals surface area contributed by atoms with Gasteiger partial charge >= 0.3 is 0 Å². The first-order valence-corrected chi connectivity index (χ1v) is 7.36. The predicted molar refractivity (Wildman–Crippen MR) is 82.3 cm³/mol. The lowest BCUT2D eigenvalue weighted by Gasteiger charge is -2.21. The van der Waals surface area contributed by atoms with Crippen LogP contribution < -0.4 is 15.5 Å². The quantitative estimate of drug-likeness (QED) is 0.718. The molecule has 0 saturated carbocycles. The first-order chi connectivity index (χ1) is 10.2. The highest BCUT2D eigenvalue weighted by molar-refractivity contribution is 5.73. The summed E-state index contributed by atoms with van der Waals surface area (Å²) in [5.41, 5.74) is 1.18. The summed E-state index contributed by atoms with van der Waals surface area (Å²) in [5, 5.41) is 6.33. The van der Waals surface area contributed by atoms with Gasteiger partial charge in [-0.3, -0.25) is 4.79 Å². The van der Waals surface area contributed by atoms with E-state index in [-0.39, 0.29) is 11.9 Å². The molecular formula is C15H24N4O2. The molecule has 2 N–H and O–H groups in total. The van der Waals surface area contributed by atoms with E-state index in [4.69, 9.17) is 4.74 Å². The average molecular weight is 292 g/mol. The van der Waals surface area contributed by atoms with Gasteiger partial charge in [-0.15, -0.1) is 0 Å². The lowest BCUT2D eigenvalue weighted by Crippen LogP contribution is -2.36. The number of nitrogens with zero attached hydrogens (tertiary/aromatic N) is 2. The van der Waals surface area contributed by atoms with Crippen LogP contribution in [0.1, 0.15) is 18.9 Å². The molecule has 1 atom stereocenters. The topological polar surface area (TPSA) is 66.5 Å². The lowest BCUT2D eigenvalue weighted by molar-refractivity contribution is -0.119. The Bertz CT molecular complexity index is 467. The van der Waals surface area contributed by atoms with Crippen LogP contribution in [-0.2, 0) is 16.1 Å². The second-order valence-electron chi connectivity index (χ2n) is 5.29. The Morgan fingerprint density at radius 2 is 2.43 bits per heavy atom. The van der Waals surface area contributed by atoms with Gasteiger partial charge in [0.05, 0.1) is 6.61 Å². The molecule has 2 rings (SSSR count). The minimum absolute atomic E-state index is 0.0318. The van der Waals surface area contributed by atoms with Crippen molar-refractivity contribution < 1.29 is 9.53 Å². The fraction of sp³-hybridized carbons (Fsp3) is 0.600. The molecule has 1 unspecified atom stereocenters. The number of methoxy groups -OCH3 is 1. The molecule has 0 aliphatic carbocycles. The van der Waals surface area contributed by atoms with Crippen molar-refractivity contribution in [3.8, 4) is 0 Å². The van der Waals surface area contributed by atoms with Gasteiger partial charge in [-0.1, -0.05) is 6.07 Å². The van der Waals surface area contributed by atoms with Crippen LogP contribution in [0.3, 0.4) is 0 Å². The number of carbonyl (C=O) groups is 1. The van der Waals surface area contributed by atoms with Crippen molar-refractivity contribution in [2.24, 2.45) is 0 Å². The van der Waals surface area contributed by atoms with E-state index in [0.717, 1.165) is 38.4 Å². The Labute approximate surface area is 125 Å². The molecule has 1 aliphatic heterocycles. The van der Waals surface area contributed by atoms with Crippen molar-refractivity contribution in [3.05, 3.63) is 23.9 Å². The first kappa shape index (κ1) is 15.7. The van der Waals surface area contributed by atoms with E-state index in [1.54, 1.807) is 14.0 Å². The van der Waals surface area contributed by atoms with Crippen LogP contribution in [-0.4, -0.2) is 50.3 Å². The zero-order valence-corrected chi connectivity index (χ0v) is 12.8. The summed E-state index contributed by atoms with van der Waals surface area (Å²) in [7, 11) is 1.70. The Balaban J connectivity index is 1.95. The number of pyridine rings is 1. The molecule has 6 nitrogen and oxygen atoms in total. The van der Waals surface area contributed by atoms with Crippen LogP contribution >= 0.6 is 0 Å². The number of carbonyl (C=O) groups excluding carboxylic acids is 1. The number of hydrogen-bond acceptors (Lipinski definition) is 5. The summed E-state index contributed by atoms with van der Waals surface area (Å²) in [6, 6.07) is 4.27. The molecule has 0 spiro atoms. The van der Waals surface area contributed by atoms with Gasteiger partial charge in [-0.05, 0) is 12.5 Å². The predicted octanol–water partition coefficient (Wildman–Crippen LogP) is 0.532. The minimum Gasteiger partial charge on any atom is -0.383 e. The summed E-state index contributed by atoms with van der Waals surface area (Å²) < 4.78 is 5.03. The third-order valence-electron chi connectivity index (χ3n) is 3.56. The minimum atomic E-state index is 0.0318. The zero-order chi connectivity index (χ0) is 15.1. The SMILES string of the molecule is COCCNCc1cccnc1N1CCC(NC(C)=O)C1. The van der Waals surface area contributed by atoms with E-state index >= 15 is 0 Å². The number of nitrogens with one attached hydrogen (secondary N) is 2. The first-order valence-electron chi connectivity index (χ1n) is 7.36. The fourth-order valence-corrected chi connectivity index (χ4v) is 2.61. The van der Waals surface area contributed by atoms with Gasteiger partial charge in [0.15, 0.2) is 0 Å². The molecule has 1 aromatic heterocycles. The van der Waals surface area contributed by atoms with Gasteiger partial charge in [0.25, 0.3) is 0 Å². The van der Waals surface area contributed by atoms with E-state index in [1.165, 1.54) is 5.56 Å². The van der Waals surface area contributed by atoms with Crippen LogP contribution in [0.4, 0.5) is 5.82 Å². The third kappa shape index (κ3) is 4.68. The number of aromatic nitrogens is 1. The summed E-state index contributed by atoms with van der Waals surface area (Å²) in [6.45, 7) is 5.60. The Morgan fingerprint density at radius 3 is 3.19 bits per heavy atom. The maximum absolute atomic E-state index is 11.1. The Morgan fingerprint density at radius 1 is 1.57 bits per heavy atom. The summed E-state index contributed by atoms with van der Waals surface area (Å²) in [4.78, 5) is 17.9.